The van der Waals surface area contributed by atoms with E-state index < -0.39 is 6.04 Å². The van der Waals surface area contributed by atoms with Crippen LogP contribution in [-0.2, 0) is 16.0 Å². The number of anilines is 1. The molecular weight excluding hydrogens is 366 g/mol. The van der Waals surface area contributed by atoms with E-state index in [-0.39, 0.29) is 24.3 Å². The number of rotatable bonds is 6. The zero-order valence-electron chi connectivity index (χ0n) is 16.9. The van der Waals surface area contributed by atoms with Crippen LogP contribution in [0.15, 0.2) is 55.1 Å². The third-order valence-corrected chi connectivity index (χ3v) is 5.15. The fraction of sp³-hybridized carbons (Fsp3) is 0.261. The minimum Gasteiger partial charge on any atom is -0.335 e. The van der Waals surface area contributed by atoms with Gasteiger partial charge in [0, 0.05) is 29.6 Å². The number of para-hydroxylation sites is 1. The zero-order chi connectivity index (χ0) is 21.1. The maximum atomic E-state index is 12.9. The van der Waals surface area contributed by atoms with Gasteiger partial charge in [-0.15, -0.1) is 0 Å². The molecule has 29 heavy (non-hydrogen) atoms. The largest absolute Gasteiger partial charge is 0.335 e. The smallest absolute Gasteiger partial charge is 0.259 e. The molecule has 1 aliphatic heterocycles. The summed E-state index contributed by atoms with van der Waals surface area (Å²) >= 11 is 0. The maximum absolute atomic E-state index is 12.9. The summed E-state index contributed by atoms with van der Waals surface area (Å²) in [6.45, 7) is 7.54. The second kappa shape index (κ2) is 8.31. The molecule has 150 valence electrons. The summed E-state index contributed by atoms with van der Waals surface area (Å²) in [6.07, 6.45) is 0.794. The van der Waals surface area contributed by atoms with Crippen LogP contribution in [0.25, 0.3) is 5.70 Å². The van der Waals surface area contributed by atoms with Gasteiger partial charge in [-0.05, 0) is 31.0 Å². The van der Waals surface area contributed by atoms with Crippen LogP contribution >= 0.6 is 0 Å². The average Bonchev–Trinajstić information content (AvgIpc) is 2.97. The third-order valence-electron chi connectivity index (χ3n) is 5.15. The summed E-state index contributed by atoms with van der Waals surface area (Å²) in [5, 5.41) is 2.86. The van der Waals surface area contributed by atoms with E-state index in [9.17, 15) is 14.4 Å². The molecule has 2 aromatic carbocycles. The van der Waals surface area contributed by atoms with E-state index in [1.54, 1.807) is 26.1 Å². The summed E-state index contributed by atoms with van der Waals surface area (Å²) in [4.78, 5) is 40.8. The summed E-state index contributed by atoms with van der Waals surface area (Å²) in [5.41, 5.74) is 3.54. The first-order chi connectivity index (χ1) is 13.8. The van der Waals surface area contributed by atoms with E-state index in [2.05, 4.69) is 11.9 Å². The van der Waals surface area contributed by atoms with Gasteiger partial charge in [-0.1, -0.05) is 49.9 Å². The molecular formula is C23H25N3O3. The van der Waals surface area contributed by atoms with E-state index in [1.807, 2.05) is 43.3 Å². The van der Waals surface area contributed by atoms with Crippen LogP contribution in [0, 0.1) is 0 Å². The Bertz CT molecular complexity index is 948. The van der Waals surface area contributed by atoms with Crippen LogP contribution < -0.4 is 5.32 Å². The van der Waals surface area contributed by atoms with Crippen LogP contribution in [0.4, 0.5) is 5.69 Å². The average molecular weight is 391 g/mol. The molecule has 3 amide bonds. The highest BCUT2D eigenvalue weighted by atomic mass is 16.2. The molecule has 0 aliphatic carbocycles. The van der Waals surface area contributed by atoms with Crippen molar-refractivity contribution in [2.75, 3.05) is 18.9 Å². The summed E-state index contributed by atoms with van der Waals surface area (Å²) in [6, 6.07) is 14.0. The number of likely N-dealkylation sites (N-methyl/N-ethyl adjacent to an activating group) is 1. The molecule has 1 N–H and O–H groups in total. The van der Waals surface area contributed by atoms with Gasteiger partial charge >= 0.3 is 0 Å². The summed E-state index contributed by atoms with van der Waals surface area (Å²) < 4.78 is 0. The first kappa shape index (κ1) is 20.3. The van der Waals surface area contributed by atoms with Crippen molar-refractivity contribution in [2.24, 2.45) is 0 Å². The molecule has 0 spiro atoms. The molecule has 6 nitrogen and oxygen atoms in total. The fourth-order valence-corrected chi connectivity index (χ4v) is 3.58. The van der Waals surface area contributed by atoms with Gasteiger partial charge in [0.25, 0.3) is 5.91 Å². The number of nitrogens with one attached hydrogen (secondary N) is 1. The lowest BCUT2D eigenvalue weighted by Gasteiger charge is -2.28. The van der Waals surface area contributed by atoms with Crippen LogP contribution in [0.2, 0.25) is 0 Å². The molecule has 1 aliphatic rings. The predicted octanol–water partition coefficient (Wildman–Crippen LogP) is 3.16. The van der Waals surface area contributed by atoms with Crippen LogP contribution in [-0.4, -0.2) is 47.2 Å². The van der Waals surface area contributed by atoms with Crippen LogP contribution in [0.5, 0.6) is 0 Å². The van der Waals surface area contributed by atoms with Crippen molar-refractivity contribution >= 4 is 29.1 Å². The van der Waals surface area contributed by atoms with Gasteiger partial charge < -0.3 is 10.2 Å². The Morgan fingerprint density at radius 3 is 2.38 bits per heavy atom. The number of hydrogen-bond donors (Lipinski definition) is 1. The van der Waals surface area contributed by atoms with E-state index >= 15 is 0 Å². The van der Waals surface area contributed by atoms with Crippen molar-refractivity contribution in [3.63, 3.8) is 0 Å². The minimum absolute atomic E-state index is 0.108. The Morgan fingerprint density at radius 1 is 1.10 bits per heavy atom. The van der Waals surface area contributed by atoms with Crippen molar-refractivity contribution < 1.29 is 14.4 Å². The first-order valence-electron chi connectivity index (χ1n) is 9.59. The number of amides is 3. The van der Waals surface area contributed by atoms with Crippen molar-refractivity contribution in [2.45, 2.75) is 26.3 Å². The molecule has 0 fully saturated rings. The highest BCUT2D eigenvalue weighted by Crippen LogP contribution is 2.33. The molecule has 0 aromatic heterocycles. The van der Waals surface area contributed by atoms with Gasteiger partial charge in [-0.25, -0.2) is 0 Å². The lowest BCUT2D eigenvalue weighted by atomic mass is 10.1. The summed E-state index contributed by atoms with van der Waals surface area (Å²) in [5.74, 6) is -0.865. The monoisotopic (exact) mass is 391 g/mol. The Kier molecular flexibility index (Phi) is 5.82. The highest BCUT2D eigenvalue weighted by Gasteiger charge is 2.37. The van der Waals surface area contributed by atoms with Gasteiger partial charge in [0.05, 0.1) is 6.54 Å². The van der Waals surface area contributed by atoms with Gasteiger partial charge in [0.1, 0.15) is 6.04 Å². The number of carbonyl (C=O) groups is 3. The van der Waals surface area contributed by atoms with Gasteiger partial charge in [0.15, 0.2) is 0 Å². The molecule has 0 saturated heterocycles. The molecule has 1 heterocycles. The molecule has 0 saturated carbocycles. The Labute approximate surface area is 170 Å². The first-order valence-corrected chi connectivity index (χ1v) is 9.59. The Hall–Kier alpha value is -3.41. The van der Waals surface area contributed by atoms with Crippen molar-refractivity contribution in [3.8, 4) is 0 Å². The molecule has 0 unspecified atom stereocenters. The number of benzene rings is 2. The van der Waals surface area contributed by atoms with E-state index in [0.717, 1.165) is 23.2 Å². The SMILES string of the molecule is C=C1c2ccccc2C(=O)N1[C@H](C)C(=O)N(C)CC(=O)Nc1ccccc1CC. The normalized spacial score (nSPS) is 13.8. The third kappa shape index (κ3) is 3.92. The van der Waals surface area contributed by atoms with Crippen LogP contribution in [0.3, 0.4) is 0 Å². The van der Waals surface area contributed by atoms with E-state index in [1.165, 1.54) is 9.80 Å². The lowest BCUT2D eigenvalue weighted by Crippen LogP contribution is -2.47. The minimum atomic E-state index is -0.761. The number of fused-ring (bicyclic) bond motifs is 1. The second-order valence-electron chi connectivity index (χ2n) is 7.10. The topological polar surface area (TPSA) is 69.7 Å². The molecule has 3 rings (SSSR count). The van der Waals surface area contributed by atoms with Crippen molar-refractivity contribution in [1.29, 1.82) is 0 Å². The molecule has 0 radical (unpaired) electrons. The standard InChI is InChI=1S/C23H25N3O3/c1-5-17-10-6-9-13-20(17)24-21(27)14-25(4)22(28)16(3)26-15(2)18-11-7-8-12-19(18)23(26)29/h6-13,16H,2,5,14H2,1,3-4H3,(H,24,27)/t16-/m1/s1. The number of carbonyl (C=O) groups excluding carboxylic acids is 3. The number of nitrogens with zero attached hydrogens (tertiary/aromatic N) is 2. The highest BCUT2D eigenvalue weighted by molar-refractivity contribution is 6.11. The maximum Gasteiger partial charge on any atom is 0.259 e. The van der Waals surface area contributed by atoms with Crippen molar-refractivity contribution in [1.82, 2.24) is 9.80 Å². The lowest BCUT2D eigenvalue weighted by molar-refractivity contribution is -0.136. The Morgan fingerprint density at radius 2 is 1.72 bits per heavy atom. The molecule has 6 heteroatoms. The van der Waals surface area contributed by atoms with E-state index in [4.69, 9.17) is 0 Å². The zero-order valence-corrected chi connectivity index (χ0v) is 16.9. The van der Waals surface area contributed by atoms with Crippen molar-refractivity contribution in [3.05, 3.63) is 71.8 Å². The number of aryl methyl sites for hydroxylation is 1. The molecule has 2 aromatic rings. The molecule has 0 bridgehead atoms. The van der Waals surface area contributed by atoms with Gasteiger partial charge in [-0.2, -0.15) is 0 Å². The summed E-state index contributed by atoms with van der Waals surface area (Å²) in [7, 11) is 1.56. The second-order valence-corrected chi connectivity index (χ2v) is 7.10. The van der Waals surface area contributed by atoms with Gasteiger partial charge in [-0.3, -0.25) is 19.3 Å². The van der Waals surface area contributed by atoms with Gasteiger partial charge in [0.2, 0.25) is 11.8 Å². The Balaban J connectivity index is 1.66. The fourth-order valence-electron chi connectivity index (χ4n) is 3.58. The predicted molar refractivity (Wildman–Crippen MR) is 113 cm³/mol. The molecule has 1 atom stereocenters. The van der Waals surface area contributed by atoms with Crippen LogP contribution in [0.1, 0.15) is 35.3 Å². The van der Waals surface area contributed by atoms with E-state index in [0.29, 0.717) is 11.3 Å². The number of hydrogen-bond acceptors (Lipinski definition) is 3. The quantitative estimate of drug-likeness (QED) is 0.822.